The lowest BCUT2D eigenvalue weighted by atomic mass is 10.2. The van der Waals surface area contributed by atoms with Crippen molar-refractivity contribution >= 4 is 17.4 Å². The number of rotatable bonds is 4. The van der Waals surface area contributed by atoms with E-state index in [1.54, 1.807) is 31.2 Å². The van der Waals surface area contributed by atoms with Crippen LogP contribution >= 0.6 is 0 Å². The van der Waals surface area contributed by atoms with Crippen molar-refractivity contribution in [1.82, 2.24) is 4.98 Å². The molecule has 0 saturated carbocycles. The minimum atomic E-state index is -0.323. The van der Waals surface area contributed by atoms with Gasteiger partial charge in [0.1, 0.15) is 17.3 Å². The molecule has 5 heteroatoms. The van der Waals surface area contributed by atoms with Gasteiger partial charge < -0.3 is 10.6 Å². The summed E-state index contributed by atoms with van der Waals surface area (Å²) in [4.78, 5) is 16.3. The molecule has 0 aliphatic rings. The van der Waals surface area contributed by atoms with Gasteiger partial charge >= 0.3 is 0 Å². The molecular formula is C15H16FN3O. The third-order valence-corrected chi connectivity index (χ3v) is 2.76. The van der Waals surface area contributed by atoms with Gasteiger partial charge in [0.25, 0.3) is 5.91 Å². The third kappa shape index (κ3) is 3.32. The van der Waals surface area contributed by atoms with E-state index in [4.69, 9.17) is 0 Å². The average molecular weight is 273 g/mol. The zero-order valence-corrected chi connectivity index (χ0v) is 11.4. The smallest absolute Gasteiger partial charge is 0.274 e. The zero-order chi connectivity index (χ0) is 14.5. The SMILES string of the molecule is CCNc1cccc(C(=O)Nc2ccc(F)c(C)c2)n1. The Bertz CT molecular complexity index is 628. The first-order valence-corrected chi connectivity index (χ1v) is 6.38. The van der Waals surface area contributed by atoms with Crippen LogP contribution < -0.4 is 10.6 Å². The normalized spacial score (nSPS) is 10.2. The molecule has 0 atom stereocenters. The number of hydrogen-bond acceptors (Lipinski definition) is 3. The molecule has 0 unspecified atom stereocenters. The molecule has 2 aromatic rings. The quantitative estimate of drug-likeness (QED) is 0.899. The first kappa shape index (κ1) is 14.0. The number of hydrogen-bond donors (Lipinski definition) is 2. The largest absolute Gasteiger partial charge is 0.370 e. The maximum Gasteiger partial charge on any atom is 0.274 e. The highest BCUT2D eigenvalue weighted by atomic mass is 19.1. The number of aryl methyl sites for hydroxylation is 1. The molecule has 104 valence electrons. The Morgan fingerprint density at radius 1 is 1.30 bits per heavy atom. The predicted octanol–water partition coefficient (Wildman–Crippen LogP) is 3.21. The summed E-state index contributed by atoms with van der Waals surface area (Å²) in [5.74, 6) is 0.0291. The molecule has 0 spiro atoms. The fourth-order valence-electron chi connectivity index (χ4n) is 1.76. The van der Waals surface area contributed by atoms with Gasteiger partial charge in [-0.05, 0) is 49.7 Å². The van der Waals surface area contributed by atoms with Gasteiger partial charge in [-0.25, -0.2) is 9.37 Å². The lowest BCUT2D eigenvalue weighted by Crippen LogP contribution is -2.14. The number of anilines is 2. The highest BCUT2D eigenvalue weighted by molar-refractivity contribution is 6.03. The summed E-state index contributed by atoms with van der Waals surface area (Å²) in [6, 6.07) is 9.62. The zero-order valence-electron chi connectivity index (χ0n) is 11.4. The van der Waals surface area contributed by atoms with Crippen molar-refractivity contribution in [3.05, 3.63) is 53.5 Å². The number of aromatic nitrogens is 1. The second-order valence-corrected chi connectivity index (χ2v) is 4.36. The number of amides is 1. The van der Waals surface area contributed by atoms with E-state index in [2.05, 4.69) is 15.6 Å². The Labute approximate surface area is 117 Å². The standard InChI is InChI=1S/C15H16FN3O/c1-3-17-14-6-4-5-13(19-14)15(20)18-11-7-8-12(16)10(2)9-11/h4-9H,3H2,1-2H3,(H,17,19)(H,18,20). The van der Waals surface area contributed by atoms with Crippen LogP contribution in [0.25, 0.3) is 0 Å². The molecule has 1 aromatic carbocycles. The fourth-order valence-corrected chi connectivity index (χ4v) is 1.76. The highest BCUT2D eigenvalue weighted by Crippen LogP contribution is 2.15. The summed E-state index contributed by atoms with van der Waals surface area (Å²) in [6.07, 6.45) is 0. The van der Waals surface area contributed by atoms with Gasteiger partial charge in [-0.15, -0.1) is 0 Å². The van der Waals surface area contributed by atoms with Crippen LogP contribution in [-0.4, -0.2) is 17.4 Å². The predicted molar refractivity (Wildman–Crippen MR) is 77.5 cm³/mol. The van der Waals surface area contributed by atoms with E-state index in [1.165, 1.54) is 12.1 Å². The van der Waals surface area contributed by atoms with E-state index in [-0.39, 0.29) is 11.7 Å². The molecule has 4 nitrogen and oxygen atoms in total. The van der Waals surface area contributed by atoms with E-state index >= 15 is 0 Å². The summed E-state index contributed by atoms with van der Waals surface area (Å²) in [5, 5.41) is 5.74. The van der Waals surface area contributed by atoms with E-state index < -0.39 is 0 Å². The van der Waals surface area contributed by atoms with Crippen LogP contribution in [0, 0.1) is 12.7 Å². The molecule has 0 fully saturated rings. The van der Waals surface area contributed by atoms with E-state index in [0.29, 0.717) is 22.8 Å². The van der Waals surface area contributed by atoms with Crippen molar-refractivity contribution in [3.63, 3.8) is 0 Å². The fraction of sp³-hybridized carbons (Fsp3) is 0.200. The minimum absolute atomic E-state index is 0.296. The summed E-state index contributed by atoms with van der Waals surface area (Å²) in [6.45, 7) is 4.33. The van der Waals surface area contributed by atoms with Crippen molar-refractivity contribution in [2.24, 2.45) is 0 Å². The van der Waals surface area contributed by atoms with Crippen molar-refractivity contribution in [2.75, 3.05) is 17.2 Å². The van der Waals surface area contributed by atoms with Gasteiger partial charge in [0.2, 0.25) is 0 Å². The molecule has 1 heterocycles. The molecule has 0 aliphatic carbocycles. The molecule has 0 bridgehead atoms. The second kappa shape index (κ2) is 6.14. The Balaban J connectivity index is 2.15. The third-order valence-electron chi connectivity index (χ3n) is 2.76. The summed E-state index contributed by atoms with van der Waals surface area (Å²) in [7, 11) is 0. The van der Waals surface area contributed by atoms with Crippen molar-refractivity contribution in [1.29, 1.82) is 0 Å². The Kier molecular flexibility index (Phi) is 4.30. The lowest BCUT2D eigenvalue weighted by Gasteiger charge is -2.08. The summed E-state index contributed by atoms with van der Waals surface area (Å²) >= 11 is 0. The van der Waals surface area contributed by atoms with Crippen LogP contribution in [0.4, 0.5) is 15.9 Å². The molecular weight excluding hydrogens is 257 g/mol. The van der Waals surface area contributed by atoms with Crippen LogP contribution in [0.5, 0.6) is 0 Å². The number of nitrogens with one attached hydrogen (secondary N) is 2. The van der Waals surface area contributed by atoms with E-state index in [1.807, 2.05) is 6.92 Å². The molecule has 2 N–H and O–H groups in total. The number of carbonyl (C=O) groups excluding carboxylic acids is 1. The van der Waals surface area contributed by atoms with Crippen LogP contribution in [0.3, 0.4) is 0 Å². The minimum Gasteiger partial charge on any atom is -0.370 e. The molecule has 20 heavy (non-hydrogen) atoms. The molecule has 0 radical (unpaired) electrons. The van der Waals surface area contributed by atoms with Crippen LogP contribution in [0.15, 0.2) is 36.4 Å². The van der Waals surface area contributed by atoms with Crippen LogP contribution in [0.2, 0.25) is 0 Å². The first-order valence-electron chi connectivity index (χ1n) is 6.38. The highest BCUT2D eigenvalue weighted by Gasteiger charge is 2.09. The Hall–Kier alpha value is -2.43. The number of halogens is 1. The molecule has 0 saturated heterocycles. The maximum atomic E-state index is 13.2. The van der Waals surface area contributed by atoms with Gasteiger partial charge in [0, 0.05) is 12.2 Å². The molecule has 1 aromatic heterocycles. The number of carbonyl (C=O) groups is 1. The Morgan fingerprint density at radius 3 is 2.80 bits per heavy atom. The molecule has 1 amide bonds. The van der Waals surface area contributed by atoms with Crippen molar-refractivity contribution < 1.29 is 9.18 Å². The number of pyridine rings is 1. The van der Waals surface area contributed by atoms with Gasteiger partial charge in [-0.3, -0.25) is 4.79 Å². The maximum absolute atomic E-state index is 13.2. The average Bonchev–Trinajstić information content (AvgIpc) is 2.43. The van der Waals surface area contributed by atoms with Crippen LogP contribution in [-0.2, 0) is 0 Å². The monoisotopic (exact) mass is 273 g/mol. The van der Waals surface area contributed by atoms with Gasteiger partial charge in [-0.1, -0.05) is 6.07 Å². The molecule has 2 rings (SSSR count). The number of benzene rings is 1. The van der Waals surface area contributed by atoms with Crippen LogP contribution in [0.1, 0.15) is 23.0 Å². The van der Waals surface area contributed by atoms with E-state index in [0.717, 1.165) is 6.54 Å². The van der Waals surface area contributed by atoms with E-state index in [9.17, 15) is 9.18 Å². The number of nitrogens with zero attached hydrogens (tertiary/aromatic N) is 1. The van der Waals surface area contributed by atoms with Gasteiger partial charge in [-0.2, -0.15) is 0 Å². The van der Waals surface area contributed by atoms with Crippen molar-refractivity contribution in [2.45, 2.75) is 13.8 Å². The molecule has 0 aliphatic heterocycles. The van der Waals surface area contributed by atoms with Crippen molar-refractivity contribution in [3.8, 4) is 0 Å². The Morgan fingerprint density at radius 2 is 2.10 bits per heavy atom. The van der Waals surface area contributed by atoms with Gasteiger partial charge in [0.05, 0.1) is 0 Å². The summed E-state index contributed by atoms with van der Waals surface area (Å²) < 4.78 is 13.2. The first-order chi connectivity index (χ1) is 9.60. The van der Waals surface area contributed by atoms with Gasteiger partial charge in [0.15, 0.2) is 0 Å². The second-order valence-electron chi connectivity index (χ2n) is 4.36. The topological polar surface area (TPSA) is 54.0 Å². The summed E-state index contributed by atoms with van der Waals surface area (Å²) in [5.41, 5.74) is 1.34. The lowest BCUT2D eigenvalue weighted by molar-refractivity contribution is 0.102.